The summed E-state index contributed by atoms with van der Waals surface area (Å²) in [5, 5.41) is 5.01. The van der Waals surface area contributed by atoms with Gasteiger partial charge < -0.3 is 4.74 Å². The summed E-state index contributed by atoms with van der Waals surface area (Å²) in [6.45, 7) is 6.05. The van der Waals surface area contributed by atoms with Crippen molar-refractivity contribution in [3.63, 3.8) is 0 Å². The maximum absolute atomic E-state index is 6.40. The molecule has 0 radical (unpaired) electrons. The van der Waals surface area contributed by atoms with Crippen LogP contribution in [0.1, 0.15) is 16.7 Å². The molecule has 0 aliphatic heterocycles. The Morgan fingerprint density at radius 1 is 1.17 bits per heavy atom. The number of nitrogens with zero attached hydrogens (tertiary/aromatic N) is 2. The van der Waals surface area contributed by atoms with Crippen molar-refractivity contribution in [2.24, 2.45) is 7.05 Å². The summed E-state index contributed by atoms with van der Waals surface area (Å²) >= 11 is 6.40. The van der Waals surface area contributed by atoms with E-state index in [1.165, 1.54) is 0 Å². The third kappa shape index (κ3) is 1.79. The second-order valence-corrected chi connectivity index (χ2v) is 4.82. The quantitative estimate of drug-likeness (QED) is 0.827. The third-order valence-electron chi connectivity index (χ3n) is 3.44. The van der Waals surface area contributed by atoms with Gasteiger partial charge in [0.1, 0.15) is 5.75 Å². The van der Waals surface area contributed by atoms with Crippen LogP contribution in [-0.2, 0) is 7.05 Å². The summed E-state index contributed by atoms with van der Waals surface area (Å²) in [6.07, 6.45) is 1.78. The van der Waals surface area contributed by atoms with Crippen LogP contribution < -0.4 is 4.74 Å². The first kappa shape index (κ1) is 13.0. The number of hydrogen-bond acceptors (Lipinski definition) is 2. The highest BCUT2D eigenvalue weighted by Crippen LogP contribution is 2.41. The van der Waals surface area contributed by atoms with Crippen molar-refractivity contribution in [3.8, 4) is 17.0 Å². The van der Waals surface area contributed by atoms with Crippen LogP contribution in [0.4, 0.5) is 0 Å². The van der Waals surface area contributed by atoms with Crippen molar-refractivity contribution in [1.82, 2.24) is 9.78 Å². The van der Waals surface area contributed by atoms with Gasteiger partial charge in [0, 0.05) is 23.8 Å². The van der Waals surface area contributed by atoms with E-state index in [2.05, 4.69) is 5.10 Å². The maximum Gasteiger partial charge on any atom is 0.131 e. The topological polar surface area (TPSA) is 27.1 Å². The minimum atomic E-state index is 0.796. The van der Waals surface area contributed by atoms with E-state index in [9.17, 15) is 0 Å². The molecular formula is C14H17ClN2O. The molecule has 0 bridgehead atoms. The number of aromatic nitrogens is 2. The highest BCUT2D eigenvalue weighted by atomic mass is 35.5. The highest BCUT2D eigenvalue weighted by Gasteiger charge is 2.20. The molecule has 1 aromatic heterocycles. The van der Waals surface area contributed by atoms with Crippen LogP contribution in [0.15, 0.2) is 12.3 Å². The van der Waals surface area contributed by atoms with E-state index in [0.717, 1.165) is 38.7 Å². The van der Waals surface area contributed by atoms with E-state index < -0.39 is 0 Å². The fourth-order valence-corrected chi connectivity index (χ4v) is 2.50. The zero-order chi connectivity index (χ0) is 13.4. The molecule has 4 heteroatoms. The lowest BCUT2D eigenvalue weighted by molar-refractivity contribution is 0.412. The molecule has 0 aliphatic rings. The van der Waals surface area contributed by atoms with Crippen LogP contribution >= 0.6 is 11.6 Å². The number of aryl methyl sites for hydroxylation is 1. The second-order valence-electron chi connectivity index (χ2n) is 4.44. The SMILES string of the molecule is COc1c(C)c(C)c(Cl)c(C)c1-c1ccnn1C. The molecule has 0 unspecified atom stereocenters. The van der Waals surface area contributed by atoms with Crippen LogP contribution in [0.3, 0.4) is 0 Å². The zero-order valence-electron chi connectivity index (χ0n) is 11.3. The second kappa shape index (κ2) is 4.65. The first-order chi connectivity index (χ1) is 8.49. The van der Waals surface area contributed by atoms with Crippen LogP contribution in [0.25, 0.3) is 11.3 Å². The van der Waals surface area contributed by atoms with E-state index in [0.29, 0.717) is 0 Å². The third-order valence-corrected chi connectivity index (χ3v) is 4.01. The van der Waals surface area contributed by atoms with Crippen molar-refractivity contribution >= 4 is 11.6 Å². The Morgan fingerprint density at radius 2 is 1.83 bits per heavy atom. The standard InChI is InChI=1S/C14H17ClN2O/c1-8-9(2)14(18-5)12(10(3)13(8)15)11-6-7-16-17(11)4/h6-7H,1-5H3. The van der Waals surface area contributed by atoms with Gasteiger partial charge in [0.05, 0.1) is 12.8 Å². The van der Waals surface area contributed by atoms with Gasteiger partial charge in [-0.1, -0.05) is 11.6 Å². The normalized spacial score (nSPS) is 10.8. The van der Waals surface area contributed by atoms with Crippen molar-refractivity contribution < 1.29 is 4.74 Å². The summed E-state index contributed by atoms with van der Waals surface area (Å²) in [7, 11) is 3.60. The van der Waals surface area contributed by atoms with Gasteiger partial charge in [0.15, 0.2) is 0 Å². The lowest BCUT2D eigenvalue weighted by Gasteiger charge is -2.18. The Bertz CT molecular complexity index is 602. The van der Waals surface area contributed by atoms with Crippen LogP contribution in [0, 0.1) is 20.8 Å². The molecule has 0 N–H and O–H groups in total. The fraction of sp³-hybridized carbons (Fsp3) is 0.357. The van der Waals surface area contributed by atoms with Gasteiger partial charge in [0.2, 0.25) is 0 Å². The summed E-state index contributed by atoms with van der Waals surface area (Å²) in [4.78, 5) is 0. The van der Waals surface area contributed by atoms with E-state index in [4.69, 9.17) is 16.3 Å². The molecule has 0 aliphatic carbocycles. The molecule has 3 nitrogen and oxygen atoms in total. The minimum Gasteiger partial charge on any atom is -0.496 e. The smallest absolute Gasteiger partial charge is 0.131 e. The Labute approximate surface area is 112 Å². The molecule has 1 aromatic carbocycles. The fourth-order valence-electron chi connectivity index (χ4n) is 2.27. The number of benzene rings is 1. The molecule has 2 rings (SSSR count). The minimum absolute atomic E-state index is 0.796. The van der Waals surface area contributed by atoms with E-state index in [1.807, 2.05) is 38.6 Å². The molecular weight excluding hydrogens is 248 g/mol. The van der Waals surface area contributed by atoms with E-state index in [1.54, 1.807) is 13.3 Å². The van der Waals surface area contributed by atoms with E-state index in [-0.39, 0.29) is 0 Å². The Balaban J connectivity index is 2.86. The molecule has 0 amide bonds. The molecule has 0 fully saturated rings. The molecule has 96 valence electrons. The zero-order valence-corrected chi connectivity index (χ0v) is 12.1. The molecule has 0 saturated carbocycles. The van der Waals surface area contributed by atoms with Crippen molar-refractivity contribution in [2.45, 2.75) is 20.8 Å². The van der Waals surface area contributed by atoms with Gasteiger partial charge in [-0.15, -0.1) is 0 Å². The molecule has 2 aromatic rings. The summed E-state index contributed by atoms with van der Waals surface area (Å²) in [6, 6.07) is 1.97. The van der Waals surface area contributed by atoms with Crippen LogP contribution in [0.2, 0.25) is 5.02 Å². The van der Waals surface area contributed by atoms with Gasteiger partial charge in [-0.3, -0.25) is 4.68 Å². The number of ether oxygens (including phenoxy) is 1. The number of halogens is 1. The summed E-state index contributed by atoms with van der Waals surface area (Å²) in [5.41, 5.74) is 5.20. The molecule has 1 heterocycles. The summed E-state index contributed by atoms with van der Waals surface area (Å²) < 4.78 is 7.40. The monoisotopic (exact) mass is 264 g/mol. The lowest BCUT2D eigenvalue weighted by Crippen LogP contribution is -2.02. The summed E-state index contributed by atoms with van der Waals surface area (Å²) in [5.74, 6) is 0.873. The number of rotatable bonds is 2. The van der Waals surface area contributed by atoms with Crippen LogP contribution in [-0.4, -0.2) is 16.9 Å². The molecule has 0 saturated heterocycles. The van der Waals surface area contributed by atoms with Crippen LogP contribution in [0.5, 0.6) is 5.75 Å². The molecule has 0 atom stereocenters. The lowest BCUT2D eigenvalue weighted by atomic mass is 9.96. The van der Waals surface area contributed by atoms with Gasteiger partial charge in [-0.25, -0.2) is 0 Å². The van der Waals surface area contributed by atoms with Gasteiger partial charge >= 0.3 is 0 Å². The van der Waals surface area contributed by atoms with E-state index >= 15 is 0 Å². The average Bonchev–Trinajstić information content (AvgIpc) is 2.77. The Morgan fingerprint density at radius 3 is 2.33 bits per heavy atom. The van der Waals surface area contributed by atoms with Gasteiger partial charge in [-0.2, -0.15) is 5.10 Å². The highest BCUT2D eigenvalue weighted by molar-refractivity contribution is 6.32. The Hall–Kier alpha value is -1.48. The average molecular weight is 265 g/mol. The predicted octanol–water partition coefficient (Wildman–Crippen LogP) is 3.67. The van der Waals surface area contributed by atoms with Gasteiger partial charge in [0.25, 0.3) is 0 Å². The number of methoxy groups -OCH3 is 1. The number of hydrogen-bond donors (Lipinski definition) is 0. The first-order valence-corrected chi connectivity index (χ1v) is 6.18. The van der Waals surface area contributed by atoms with Crippen molar-refractivity contribution in [2.75, 3.05) is 7.11 Å². The van der Waals surface area contributed by atoms with Gasteiger partial charge in [-0.05, 0) is 43.5 Å². The predicted molar refractivity (Wildman–Crippen MR) is 74.4 cm³/mol. The molecule has 18 heavy (non-hydrogen) atoms. The Kier molecular flexibility index (Phi) is 3.35. The largest absolute Gasteiger partial charge is 0.496 e. The molecule has 0 spiro atoms. The van der Waals surface area contributed by atoms with Crippen molar-refractivity contribution in [1.29, 1.82) is 0 Å². The van der Waals surface area contributed by atoms with Crippen molar-refractivity contribution in [3.05, 3.63) is 34.0 Å². The maximum atomic E-state index is 6.40. The first-order valence-electron chi connectivity index (χ1n) is 5.80.